The lowest BCUT2D eigenvalue weighted by atomic mass is 9.67. The Hall–Kier alpha value is -4.45. The molecule has 0 bridgehead atoms. The van der Waals surface area contributed by atoms with Crippen LogP contribution in [0.4, 0.5) is 9.18 Å². The van der Waals surface area contributed by atoms with Gasteiger partial charge in [0.2, 0.25) is 0 Å². The summed E-state index contributed by atoms with van der Waals surface area (Å²) in [4.78, 5) is 26.9. The zero-order valence-electron chi connectivity index (χ0n) is 19.8. The second-order valence-corrected chi connectivity index (χ2v) is 8.22. The molecule has 0 spiro atoms. The molecule has 0 heterocycles. The second-order valence-electron chi connectivity index (χ2n) is 8.22. The topological polar surface area (TPSA) is 64.6 Å². The number of amides is 1. The Balaban J connectivity index is 1.85. The van der Waals surface area contributed by atoms with Crippen LogP contribution in [0.2, 0.25) is 0 Å². The van der Waals surface area contributed by atoms with Crippen LogP contribution in [0.15, 0.2) is 115 Å². The van der Waals surface area contributed by atoms with Gasteiger partial charge in [-0.05, 0) is 34.4 Å². The minimum absolute atomic E-state index is 0.0568. The summed E-state index contributed by atoms with van der Waals surface area (Å²) in [6, 6.07) is 32.1. The SMILES string of the molecule is COC(=O)[C@@](c1ccccc1)(c1ccc(F)cc1)[C@H](NC(=O)OCc1ccccc1)c1ccccc1. The van der Waals surface area contributed by atoms with Gasteiger partial charge in [-0.1, -0.05) is 103 Å². The minimum Gasteiger partial charge on any atom is -0.468 e. The number of halogens is 1. The maximum atomic E-state index is 14.0. The van der Waals surface area contributed by atoms with E-state index in [4.69, 9.17) is 9.47 Å². The van der Waals surface area contributed by atoms with E-state index in [0.717, 1.165) is 5.56 Å². The molecule has 0 saturated heterocycles. The number of hydrogen-bond acceptors (Lipinski definition) is 4. The molecule has 4 aromatic rings. The van der Waals surface area contributed by atoms with E-state index >= 15 is 0 Å². The fraction of sp³-hybridized carbons (Fsp3) is 0.133. The van der Waals surface area contributed by atoms with Crippen molar-refractivity contribution in [1.82, 2.24) is 5.32 Å². The van der Waals surface area contributed by atoms with Crippen LogP contribution in [0.3, 0.4) is 0 Å². The van der Waals surface area contributed by atoms with Crippen LogP contribution in [0.5, 0.6) is 0 Å². The molecule has 1 amide bonds. The summed E-state index contributed by atoms with van der Waals surface area (Å²) >= 11 is 0. The molecule has 0 unspecified atom stereocenters. The zero-order valence-corrected chi connectivity index (χ0v) is 19.8. The van der Waals surface area contributed by atoms with E-state index in [-0.39, 0.29) is 6.61 Å². The van der Waals surface area contributed by atoms with Crippen LogP contribution >= 0.6 is 0 Å². The van der Waals surface area contributed by atoms with Gasteiger partial charge in [0, 0.05) is 0 Å². The molecule has 2 atom stereocenters. The molecule has 182 valence electrons. The first-order valence-corrected chi connectivity index (χ1v) is 11.5. The highest BCUT2D eigenvalue weighted by Gasteiger charge is 2.51. The molecule has 0 aliphatic carbocycles. The van der Waals surface area contributed by atoms with Gasteiger partial charge in [-0.3, -0.25) is 4.79 Å². The number of carbonyl (C=O) groups is 2. The first-order valence-electron chi connectivity index (χ1n) is 11.5. The summed E-state index contributed by atoms with van der Waals surface area (Å²) in [6.45, 7) is 0.0568. The molecule has 0 saturated carbocycles. The quantitative estimate of drug-likeness (QED) is 0.315. The zero-order chi connectivity index (χ0) is 25.4. The monoisotopic (exact) mass is 483 g/mol. The lowest BCUT2D eigenvalue weighted by Gasteiger charge is -2.39. The van der Waals surface area contributed by atoms with E-state index in [2.05, 4.69) is 5.32 Å². The van der Waals surface area contributed by atoms with Gasteiger partial charge in [0.15, 0.2) is 0 Å². The van der Waals surface area contributed by atoms with Gasteiger partial charge in [-0.25, -0.2) is 9.18 Å². The van der Waals surface area contributed by atoms with Crippen molar-refractivity contribution in [2.24, 2.45) is 0 Å². The lowest BCUT2D eigenvalue weighted by molar-refractivity contribution is -0.147. The largest absolute Gasteiger partial charge is 0.468 e. The molecule has 4 rings (SSSR count). The number of hydrogen-bond donors (Lipinski definition) is 1. The van der Waals surface area contributed by atoms with E-state index in [1.54, 1.807) is 24.3 Å². The maximum Gasteiger partial charge on any atom is 0.408 e. The number of carbonyl (C=O) groups excluding carboxylic acids is 2. The molecule has 4 aromatic carbocycles. The van der Waals surface area contributed by atoms with E-state index < -0.39 is 29.3 Å². The van der Waals surface area contributed by atoms with E-state index in [9.17, 15) is 14.0 Å². The van der Waals surface area contributed by atoms with Crippen LogP contribution in [-0.2, 0) is 26.3 Å². The first-order chi connectivity index (χ1) is 17.6. The predicted molar refractivity (Wildman–Crippen MR) is 135 cm³/mol. The Morgan fingerprint density at radius 2 is 1.31 bits per heavy atom. The van der Waals surface area contributed by atoms with Gasteiger partial charge < -0.3 is 14.8 Å². The molecular formula is C30H26FNO4. The molecule has 6 heteroatoms. The van der Waals surface area contributed by atoms with Crippen molar-refractivity contribution in [2.75, 3.05) is 7.11 Å². The molecule has 0 aliphatic rings. The molecule has 36 heavy (non-hydrogen) atoms. The maximum absolute atomic E-state index is 14.0. The van der Waals surface area contributed by atoms with Crippen LogP contribution in [0.1, 0.15) is 28.3 Å². The highest BCUT2D eigenvalue weighted by atomic mass is 19.1. The van der Waals surface area contributed by atoms with Crippen LogP contribution in [0, 0.1) is 5.82 Å². The third-order valence-corrected chi connectivity index (χ3v) is 6.08. The summed E-state index contributed by atoms with van der Waals surface area (Å²) < 4.78 is 24.8. The van der Waals surface area contributed by atoms with Crippen LogP contribution < -0.4 is 5.32 Å². The molecule has 1 N–H and O–H groups in total. The van der Waals surface area contributed by atoms with Crippen LogP contribution in [0.25, 0.3) is 0 Å². The fourth-order valence-electron chi connectivity index (χ4n) is 4.40. The van der Waals surface area contributed by atoms with Crippen molar-refractivity contribution < 1.29 is 23.5 Å². The standard InChI is InChI=1S/C30H26FNO4/c1-35-28(33)30(24-15-9-4-10-16-24,25-17-19-26(31)20-18-25)27(23-13-7-3-8-14-23)32-29(34)36-21-22-11-5-2-6-12-22/h2-20,27H,21H2,1H3,(H,32,34)/t27-,30+/m1/s1. The second kappa shape index (κ2) is 11.3. The average Bonchev–Trinajstić information content (AvgIpc) is 2.94. The Labute approximate surface area is 209 Å². The van der Waals surface area contributed by atoms with Gasteiger partial charge in [0.25, 0.3) is 0 Å². The van der Waals surface area contributed by atoms with Gasteiger partial charge in [-0.2, -0.15) is 0 Å². The van der Waals surface area contributed by atoms with Gasteiger partial charge in [0.1, 0.15) is 17.8 Å². The van der Waals surface area contributed by atoms with Crippen molar-refractivity contribution in [3.63, 3.8) is 0 Å². The minimum atomic E-state index is -1.54. The Kier molecular flexibility index (Phi) is 7.75. The van der Waals surface area contributed by atoms with Crippen LogP contribution in [-0.4, -0.2) is 19.2 Å². The predicted octanol–water partition coefficient (Wildman–Crippen LogP) is 5.95. The summed E-state index contributed by atoms with van der Waals surface area (Å²) in [6.07, 6.45) is -0.709. The number of alkyl carbamates (subject to hydrolysis) is 1. The summed E-state index contributed by atoms with van der Waals surface area (Å²) in [7, 11) is 1.29. The van der Waals surface area contributed by atoms with Gasteiger partial charge >= 0.3 is 12.1 Å². The van der Waals surface area contributed by atoms with E-state index in [0.29, 0.717) is 16.7 Å². The van der Waals surface area contributed by atoms with E-state index in [1.807, 2.05) is 66.7 Å². The fourth-order valence-corrected chi connectivity index (χ4v) is 4.40. The number of benzene rings is 4. The Morgan fingerprint density at radius 1 is 0.778 bits per heavy atom. The third-order valence-electron chi connectivity index (χ3n) is 6.08. The van der Waals surface area contributed by atoms with Crippen molar-refractivity contribution in [3.05, 3.63) is 143 Å². The summed E-state index contributed by atoms with van der Waals surface area (Å²) in [5.74, 6) is -1.06. The molecular weight excluding hydrogens is 457 g/mol. The highest BCUT2D eigenvalue weighted by Crippen LogP contribution is 2.44. The first kappa shape index (κ1) is 24.7. The number of nitrogens with one attached hydrogen (secondary N) is 1. The molecule has 0 aromatic heterocycles. The smallest absolute Gasteiger partial charge is 0.408 e. The number of methoxy groups -OCH3 is 1. The van der Waals surface area contributed by atoms with Gasteiger partial charge in [0.05, 0.1) is 13.2 Å². The lowest BCUT2D eigenvalue weighted by Crippen LogP contribution is -2.50. The molecule has 0 aliphatic heterocycles. The number of rotatable bonds is 8. The van der Waals surface area contributed by atoms with Crippen molar-refractivity contribution in [3.8, 4) is 0 Å². The molecule has 0 fully saturated rings. The normalized spacial score (nSPS) is 13.2. The summed E-state index contributed by atoms with van der Waals surface area (Å²) in [5.41, 5.74) is 0.953. The number of esters is 1. The average molecular weight is 484 g/mol. The van der Waals surface area contributed by atoms with Gasteiger partial charge in [-0.15, -0.1) is 0 Å². The highest BCUT2D eigenvalue weighted by molar-refractivity contribution is 5.90. The summed E-state index contributed by atoms with van der Waals surface area (Å²) in [5, 5.41) is 2.92. The number of ether oxygens (including phenoxy) is 2. The molecule has 5 nitrogen and oxygen atoms in total. The third kappa shape index (κ3) is 5.13. The Morgan fingerprint density at radius 3 is 1.89 bits per heavy atom. The van der Waals surface area contributed by atoms with E-state index in [1.165, 1.54) is 31.4 Å². The van der Waals surface area contributed by atoms with Crippen molar-refractivity contribution >= 4 is 12.1 Å². The molecule has 0 radical (unpaired) electrons. The van der Waals surface area contributed by atoms with Crippen molar-refractivity contribution in [2.45, 2.75) is 18.1 Å². The Bertz CT molecular complexity index is 1280. The van der Waals surface area contributed by atoms with Crippen molar-refractivity contribution in [1.29, 1.82) is 0 Å².